The van der Waals surface area contributed by atoms with Gasteiger partial charge in [-0.2, -0.15) is 0 Å². The average Bonchev–Trinajstić information content (AvgIpc) is 3.06. The van der Waals surface area contributed by atoms with Crippen molar-refractivity contribution in [2.75, 3.05) is 0 Å². The van der Waals surface area contributed by atoms with Crippen molar-refractivity contribution < 1.29 is 0 Å². The molecule has 0 aliphatic heterocycles. The quantitative estimate of drug-likeness (QED) is 0.745. The Balaban J connectivity index is 1.93. The Morgan fingerprint density at radius 3 is 2.32 bits per heavy atom. The number of aromatic nitrogens is 5. The maximum absolute atomic E-state index is 4.21. The standard InChI is InChI=1S/C17H21N5/c1-17(2,3)9-13-5-7-14(8-6-13)22-16(11-19-20-22)15-10-18-12-21(15)4/h5-8,10-12H,9H2,1-4H3. The molecule has 0 aliphatic carbocycles. The molecule has 5 heteroatoms. The van der Waals surface area contributed by atoms with Gasteiger partial charge in [0.2, 0.25) is 0 Å². The summed E-state index contributed by atoms with van der Waals surface area (Å²) in [6, 6.07) is 8.51. The van der Waals surface area contributed by atoms with Crippen LogP contribution in [0.1, 0.15) is 26.3 Å². The van der Waals surface area contributed by atoms with Crippen LogP contribution in [0.5, 0.6) is 0 Å². The number of nitrogens with zero attached hydrogens (tertiary/aromatic N) is 5. The van der Waals surface area contributed by atoms with E-state index in [1.165, 1.54) is 5.56 Å². The van der Waals surface area contributed by atoms with Crippen molar-refractivity contribution in [1.82, 2.24) is 24.5 Å². The number of benzene rings is 1. The van der Waals surface area contributed by atoms with Crippen LogP contribution in [0.25, 0.3) is 17.1 Å². The lowest BCUT2D eigenvalue weighted by Crippen LogP contribution is -2.09. The molecule has 0 aliphatic rings. The Morgan fingerprint density at radius 1 is 1.00 bits per heavy atom. The summed E-state index contributed by atoms with van der Waals surface area (Å²) in [7, 11) is 1.96. The molecule has 0 fully saturated rings. The molecule has 1 aromatic carbocycles. The minimum atomic E-state index is 0.286. The zero-order chi connectivity index (χ0) is 15.7. The predicted octanol–water partition coefficient (Wildman–Crippen LogP) is 3.26. The second-order valence-corrected chi connectivity index (χ2v) is 6.82. The molecule has 0 saturated heterocycles. The molecule has 2 heterocycles. The van der Waals surface area contributed by atoms with E-state index < -0.39 is 0 Å². The molecule has 0 saturated carbocycles. The number of aryl methyl sites for hydroxylation is 1. The van der Waals surface area contributed by atoms with Gasteiger partial charge in [0.1, 0.15) is 5.69 Å². The summed E-state index contributed by atoms with van der Waals surface area (Å²) in [6.07, 6.45) is 6.42. The molecule has 22 heavy (non-hydrogen) atoms. The molecule has 3 aromatic rings. The SMILES string of the molecule is Cn1cncc1-c1cnnn1-c1ccc(CC(C)(C)C)cc1. The van der Waals surface area contributed by atoms with Crippen LogP contribution in [0.15, 0.2) is 43.0 Å². The summed E-state index contributed by atoms with van der Waals surface area (Å²) in [5.74, 6) is 0. The maximum atomic E-state index is 4.21. The van der Waals surface area contributed by atoms with Crippen molar-refractivity contribution in [3.05, 3.63) is 48.5 Å². The van der Waals surface area contributed by atoms with E-state index in [9.17, 15) is 0 Å². The Hall–Kier alpha value is -2.43. The molecule has 0 amide bonds. The summed E-state index contributed by atoms with van der Waals surface area (Å²) in [5.41, 5.74) is 4.55. The third-order valence-electron chi connectivity index (χ3n) is 3.54. The topological polar surface area (TPSA) is 48.5 Å². The molecule has 5 nitrogen and oxygen atoms in total. The molecule has 0 spiro atoms. The van der Waals surface area contributed by atoms with E-state index in [1.54, 1.807) is 12.5 Å². The van der Waals surface area contributed by atoms with Crippen LogP contribution in [-0.4, -0.2) is 24.5 Å². The van der Waals surface area contributed by atoms with Gasteiger partial charge in [0, 0.05) is 7.05 Å². The van der Waals surface area contributed by atoms with E-state index in [0.717, 1.165) is 23.5 Å². The monoisotopic (exact) mass is 295 g/mol. The summed E-state index contributed by atoms with van der Waals surface area (Å²) >= 11 is 0. The van der Waals surface area contributed by atoms with Gasteiger partial charge in [0.05, 0.1) is 30.1 Å². The van der Waals surface area contributed by atoms with Gasteiger partial charge in [-0.3, -0.25) is 0 Å². The number of rotatable bonds is 3. The fraction of sp³-hybridized carbons (Fsp3) is 0.353. The Bertz CT molecular complexity index is 759. The van der Waals surface area contributed by atoms with Crippen LogP contribution in [-0.2, 0) is 13.5 Å². The number of hydrogen-bond donors (Lipinski definition) is 0. The second kappa shape index (κ2) is 5.40. The molecule has 0 atom stereocenters. The second-order valence-electron chi connectivity index (χ2n) is 6.82. The van der Waals surface area contributed by atoms with Crippen LogP contribution in [0, 0.1) is 5.41 Å². The van der Waals surface area contributed by atoms with Crippen LogP contribution in [0.3, 0.4) is 0 Å². The summed E-state index contributed by atoms with van der Waals surface area (Å²) in [5, 5.41) is 8.26. The summed E-state index contributed by atoms with van der Waals surface area (Å²) in [4.78, 5) is 4.16. The van der Waals surface area contributed by atoms with Gasteiger partial charge in [0.15, 0.2) is 0 Å². The van der Waals surface area contributed by atoms with Crippen molar-refractivity contribution in [2.45, 2.75) is 27.2 Å². The van der Waals surface area contributed by atoms with Crippen molar-refractivity contribution in [3.8, 4) is 17.1 Å². The number of hydrogen-bond acceptors (Lipinski definition) is 3. The lowest BCUT2D eigenvalue weighted by Gasteiger charge is -2.18. The largest absolute Gasteiger partial charge is 0.332 e. The molecule has 0 radical (unpaired) electrons. The van der Waals surface area contributed by atoms with Crippen LogP contribution < -0.4 is 0 Å². The molecule has 0 bridgehead atoms. The highest BCUT2D eigenvalue weighted by Gasteiger charge is 2.13. The van der Waals surface area contributed by atoms with Gasteiger partial charge in [0.25, 0.3) is 0 Å². The maximum Gasteiger partial charge on any atom is 0.112 e. The summed E-state index contributed by atoms with van der Waals surface area (Å²) in [6.45, 7) is 6.75. The zero-order valence-corrected chi connectivity index (χ0v) is 13.5. The van der Waals surface area contributed by atoms with Crippen LogP contribution in [0.4, 0.5) is 0 Å². The van der Waals surface area contributed by atoms with Crippen molar-refractivity contribution in [2.24, 2.45) is 12.5 Å². The first-order chi connectivity index (χ1) is 10.4. The zero-order valence-electron chi connectivity index (χ0n) is 13.5. The van der Waals surface area contributed by atoms with Crippen molar-refractivity contribution >= 4 is 0 Å². The Kier molecular flexibility index (Phi) is 3.56. The fourth-order valence-corrected chi connectivity index (χ4v) is 2.57. The molecular formula is C17H21N5. The third-order valence-corrected chi connectivity index (χ3v) is 3.54. The van der Waals surface area contributed by atoms with Crippen molar-refractivity contribution in [3.63, 3.8) is 0 Å². The number of imidazole rings is 1. The highest BCUT2D eigenvalue weighted by atomic mass is 15.4. The summed E-state index contributed by atoms with van der Waals surface area (Å²) < 4.78 is 3.81. The van der Waals surface area contributed by atoms with Gasteiger partial charge >= 0.3 is 0 Å². The lowest BCUT2D eigenvalue weighted by atomic mass is 9.88. The smallest absolute Gasteiger partial charge is 0.112 e. The molecule has 114 valence electrons. The molecule has 3 rings (SSSR count). The van der Waals surface area contributed by atoms with Gasteiger partial charge in [-0.05, 0) is 29.5 Å². The molecular weight excluding hydrogens is 274 g/mol. The molecule has 0 unspecified atom stereocenters. The Morgan fingerprint density at radius 2 is 1.73 bits per heavy atom. The Labute approximate surface area is 130 Å². The van der Waals surface area contributed by atoms with Gasteiger partial charge < -0.3 is 4.57 Å². The average molecular weight is 295 g/mol. The van der Waals surface area contributed by atoms with E-state index in [2.05, 4.69) is 60.3 Å². The van der Waals surface area contributed by atoms with E-state index >= 15 is 0 Å². The van der Waals surface area contributed by atoms with Crippen molar-refractivity contribution in [1.29, 1.82) is 0 Å². The highest BCUT2D eigenvalue weighted by Crippen LogP contribution is 2.23. The normalized spacial score (nSPS) is 11.8. The third kappa shape index (κ3) is 2.93. The first kappa shape index (κ1) is 14.5. The minimum Gasteiger partial charge on any atom is -0.332 e. The highest BCUT2D eigenvalue weighted by molar-refractivity contribution is 5.56. The molecule has 0 N–H and O–H groups in total. The fourth-order valence-electron chi connectivity index (χ4n) is 2.57. The van der Waals surface area contributed by atoms with Gasteiger partial charge in [-0.15, -0.1) is 5.10 Å². The lowest BCUT2D eigenvalue weighted by molar-refractivity contribution is 0.411. The minimum absolute atomic E-state index is 0.286. The first-order valence-electron chi connectivity index (χ1n) is 7.41. The van der Waals surface area contributed by atoms with E-state index in [4.69, 9.17) is 0 Å². The van der Waals surface area contributed by atoms with Gasteiger partial charge in [-0.1, -0.05) is 38.1 Å². The predicted molar refractivity (Wildman–Crippen MR) is 86.7 cm³/mol. The van der Waals surface area contributed by atoms with E-state index in [1.807, 2.05) is 22.5 Å². The van der Waals surface area contributed by atoms with E-state index in [-0.39, 0.29) is 5.41 Å². The van der Waals surface area contributed by atoms with Crippen LogP contribution >= 0.6 is 0 Å². The van der Waals surface area contributed by atoms with Crippen LogP contribution in [0.2, 0.25) is 0 Å². The molecule has 2 aromatic heterocycles. The van der Waals surface area contributed by atoms with E-state index in [0.29, 0.717) is 0 Å². The first-order valence-corrected chi connectivity index (χ1v) is 7.41. The van der Waals surface area contributed by atoms with Gasteiger partial charge in [-0.25, -0.2) is 9.67 Å².